The van der Waals surface area contributed by atoms with Gasteiger partial charge in [-0.2, -0.15) is 0 Å². The van der Waals surface area contributed by atoms with Gasteiger partial charge in [-0.3, -0.25) is 5.41 Å². The van der Waals surface area contributed by atoms with Gasteiger partial charge in [0, 0.05) is 16.2 Å². The Morgan fingerprint density at radius 3 is 2.67 bits per heavy atom. The third kappa shape index (κ3) is 2.93. The number of benzene rings is 1. The summed E-state index contributed by atoms with van der Waals surface area (Å²) in [4.78, 5) is 1.00. The Morgan fingerprint density at radius 1 is 1.33 bits per heavy atom. The first kappa shape index (κ1) is 15.2. The van der Waals surface area contributed by atoms with Crippen LogP contribution in [0.1, 0.15) is 5.56 Å². The maximum absolute atomic E-state index is 10.1. The largest absolute Gasteiger partial charge is 0.481 e. The summed E-state index contributed by atoms with van der Waals surface area (Å²) < 4.78 is 10.7. The highest BCUT2D eigenvalue weighted by atomic mass is 32.2. The predicted octanol–water partition coefficient (Wildman–Crippen LogP) is 1.31. The van der Waals surface area contributed by atoms with Crippen molar-refractivity contribution in [2.75, 3.05) is 12.9 Å². The second kappa shape index (κ2) is 6.18. The van der Waals surface area contributed by atoms with Gasteiger partial charge in [0.05, 0.1) is 24.6 Å². The van der Waals surface area contributed by atoms with E-state index in [2.05, 4.69) is 0 Å². The molecule has 4 rings (SSSR count). The topological polar surface area (TPSA) is 82.8 Å². The molecule has 0 unspecified atom stereocenters. The van der Waals surface area contributed by atoms with Gasteiger partial charge in [0.2, 0.25) is 5.90 Å². The summed E-state index contributed by atoms with van der Waals surface area (Å²) in [6.45, 7) is 0. The highest BCUT2D eigenvalue weighted by Crippen LogP contribution is 2.44. The van der Waals surface area contributed by atoms with Crippen LogP contribution in [0.25, 0.3) is 0 Å². The molecular formula is C14H17NO4S2. The Balaban J connectivity index is 1.68. The van der Waals surface area contributed by atoms with Crippen molar-refractivity contribution >= 4 is 29.4 Å². The molecule has 3 saturated heterocycles. The van der Waals surface area contributed by atoms with Gasteiger partial charge in [-0.25, -0.2) is 0 Å². The highest BCUT2D eigenvalue weighted by Gasteiger charge is 2.49. The number of ether oxygens (including phenoxy) is 2. The predicted molar refractivity (Wildman–Crippen MR) is 83.1 cm³/mol. The van der Waals surface area contributed by atoms with Gasteiger partial charge in [-0.15, -0.1) is 11.8 Å². The monoisotopic (exact) mass is 327 g/mol. The van der Waals surface area contributed by atoms with E-state index < -0.39 is 12.2 Å². The molecule has 0 spiro atoms. The Bertz CT molecular complexity index is 522. The van der Waals surface area contributed by atoms with Crippen molar-refractivity contribution in [3.63, 3.8) is 0 Å². The minimum absolute atomic E-state index is 0.119. The van der Waals surface area contributed by atoms with Crippen molar-refractivity contribution < 1.29 is 19.7 Å². The van der Waals surface area contributed by atoms with E-state index >= 15 is 0 Å². The number of aliphatic hydroxyl groups excluding tert-OH is 2. The smallest absolute Gasteiger partial charge is 0.212 e. The SMILES string of the molecule is COC(=N)c1ccc(S[C@@H]2O[C@@H]3CS[C@H]2[C@@H](O)[C@@H]3O)cc1. The van der Waals surface area contributed by atoms with Crippen LogP contribution in [0.5, 0.6) is 0 Å². The Morgan fingerprint density at radius 2 is 2.05 bits per heavy atom. The zero-order valence-corrected chi connectivity index (χ0v) is 13.1. The van der Waals surface area contributed by atoms with Crippen LogP contribution in [-0.4, -0.2) is 58.0 Å². The van der Waals surface area contributed by atoms with Crippen LogP contribution in [0.3, 0.4) is 0 Å². The van der Waals surface area contributed by atoms with E-state index in [4.69, 9.17) is 14.9 Å². The number of nitrogens with one attached hydrogen (secondary N) is 1. The zero-order chi connectivity index (χ0) is 15.0. The number of fused-ring (bicyclic) bond motifs is 3. The molecule has 21 heavy (non-hydrogen) atoms. The van der Waals surface area contributed by atoms with E-state index in [1.54, 1.807) is 11.8 Å². The average molecular weight is 327 g/mol. The molecule has 1 aromatic rings. The van der Waals surface area contributed by atoms with Crippen LogP contribution in [-0.2, 0) is 9.47 Å². The molecule has 3 N–H and O–H groups in total. The minimum atomic E-state index is -0.780. The summed E-state index contributed by atoms with van der Waals surface area (Å²) in [7, 11) is 1.47. The van der Waals surface area contributed by atoms with Crippen LogP contribution in [0.2, 0.25) is 0 Å². The maximum atomic E-state index is 10.1. The van der Waals surface area contributed by atoms with Gasteiger partial charge in [-0.1, -0.05) is 11.8 Å². The van der Waals surface area contributed by atoms with Crippen LogP contribution < -0.4 is 0 Å². The molecule has 3 heterocycles. The van der Waals surface area contributed by atoms with Crippen molar-refractivity contribution in [3.8, 4) is 0 Å². The summed E-state index contributed by atoms with van der Waals surface area (Å²) in [5.74, 6) is 0.859. The molecule has 114 valence electrons. The van der Waals surface area contributed by atoms with Gasteiger partial charge in [0.25, 0.3) is 0 Å². The summed E-state index contributed by atoms with van der Waals surface area (Å²) >= 11 is 3.19. The molecule has 1 aromatic carbocycles. The minimum Gasteiger partial charge on any atom is -0.481 e. The molecule has 3 aliphatic rings. The van der Waals surface area contributed by atoms with Crippen LogP contribution in [0.4, 0.5) is 0 Å². The first-order chi connectivity index (χ1) is 10.1. The number of hydrogen-bond donors (Lipinski definition) is 3. The number of rotatable bonds is 3. The first-order valence-corrected chi connectivity index (χ1v) is 8.56. The van der Waals surface area contributed by atoms with Crippen LogP contribution >= 0.6 is 23.5 Å². The molecule has 0 radical (unpaired) electrons. The fraction of sp³-hybridized carbons (Fsp3) is 0.500. The Kier molecular flexibility index (Phi) is 4.46. The van der Waals surface area contributed by atoms with Crippen molar-refractivity contribution in [3.05, 3.63) is 29.8 Å². The van der Waals surface area contributed by atoms with Gasteiger partial charge in [0.1, 0.15) is 11.5 Å². The average Bonchev–Trinajstić information content (AvgIpc) is 2.52. The third-order valence-corrected chi connectivity index (χ3v) is 6.46. The van der Waals surface area contributed by atoms with Crippen molar-refractivity contribution in [1.29, 1.82) is 5.41 Å². The maximum Gasteiger partial charge on any atom is 0.212 e. The lowest BCUT2D eigenvalue weighted by atomic mass is 10.0. The fourth-order valence-electron chi connectivity index (χ4n) is 2.46. The standard InChI is InChI=1S/C14H17NO4S2/c1-18-13(15)7-2-4-8(5-3-7)21-14-12-11(17)10(16)9(19-14)6-20-12/h2-5,9-12,14-17H,6H2,1H3/t9-,10-,11+,12+,14+/m1/s1. The van der Waals surface area contributed by atoms with E-state index in [-0.39, 0.29) is 22.7 Å². The van der Waals surface area contributed by atoms with Crippen molar-refractivity contribution in [2.45, 2.75) is 33.9 Å². The van der Waals surface area contributed by atoms with Gasteiger partial charge in [0.15, 0.2) is 0 Å². The zero-order valence-electron chi connectivity index (χ0n) is 11.4. The van der Waals surface area contributed by atoms with Gasteiger partial charge < -0.3 is 19.7 Å². The van der Waals surface area contributed by atoms with E-state index in [1.807, 2.05) is 24.3 Å². The van der Waals surface area contributed by atoms with Crippen LogP contribution in [0, 0.1) is 5.41 Å². The number of thioether (sulfide) groups is 2. The molecular weight excluding hydrogens is 310 g/mol. The number of aliphatic hydroxyl groups is 2. The second-order valence-electron chi connectivity index (χ2n) is 5.00. The molecule has 3 fully saturated rings. The molecule has 0 amide bonds. The highest BCUT2D eigenvalue weighted by molar-refractivity contribution is 8.03. The number of methoxy groups -OCH3 is 1. The molecule has 5 atom stereocenters. The van der Waals surface area contributed by atoms with Crippen LogP contribution in [0.15, 0.2) is 29.2 Å². The van der Waals surface area contributed by atoms with E-state index in [0.29, 0.717) is 0 Å². The van der Waals surface area contributed by atoms with Gasteiger partial charge >= 0.3 is 0 Å². The van der Waals surface area contributed by atoms with Crippen molar-refractivity contribution in [2.24, 2.45) is 0 Å². The summed E-state index contributed by atoms with van der Waals surface area (Å²) in [5, 5.41) is 27.4. The third-order valence-electron chi connectivity index (χ3n) is 3.67. The fourth-order valence-corrected chi connectivity index (χ4v) is 5.18. The second-order valence-corrected chi connectivity index (χ2v) is 7.38. The lowest BCUT2D eigenvalue weighted by Gasteiger charge is -2.47. The molecule has 0 aromatic heterocycles. The van der Waals surface area contributed by atoms with E-state index in [1.165, 1.54) is 18.9 Å². The summed E-state index contributed by atoms with van der Waals surface area (Å²) in [6, 6.07) is 7.47. The molecule has 3 aliphatic heterocycles. The van der Waals surface area contributed by atoms with Crippen molar-refractivity contribution in [1.82, 2.24) is 0 Å². The lowest BCUT2D eigenvalue weighted by Crippen LogP contribution is -2.60. The molecule has 7 heteroatoms. The molecule has 2 bridgehead atoms. The number of hydrogen-bond acceptors (Lipinski definition) is 7. The summed E-state index contributed by atoms with van der Waals surface area (Å²) in [6.07, 6.45) is -1.81. The Hall–Kier alpha value is -0.730. The first-order valence-electron chi connectivity index (χ1n) is 6.63. The summed E-state index contributed by atoms with van der Waals surface area (Å²) in [5.41, 5.74) is 0.553. The van der Waals surface area contributed by atoms with E-state index in [0.717, 1.165) is 16.2 Å². The lowest BCUT2D eigenvalue weighted by molar-refractivity contribution is -0.138. The van der Waals surface area contributed by atoms with E-state index in [9.17, 15) is 10.2 Å². The molecule has 0 aliphatic carbocycles. The molecule has 5 nitrogen and oxygen atoms in total. The molecule has 0 saturated carbocycles. The quantitative estimate of drug-likeness (QED) is 0.574. The normalized spacial score (nSPS) is 34.7. The Labute approximate surface area is 131 Å². The van der Waals surface area contributed by atoms with Gasteiger partial charge in [-0.05, 0) is 24.3 Å².